The number of alkyl halides is 1. The Morgan fingerprint density at radius 1 is 1.41 bits per heavy atom. The Balaban J connectivity index is 1.35. The monoisotopic (exact) mass is 574 g/mol. The van der Waals surface area contributed by atoms with Gasteiger partial charge in [0.15, 0.2) is 15.4 Å². The molecule has 170 valence electrons. The maximum absolute atomic E-state index is 14.3. The van der Waals surface area contributed by atoms with Crippen molar-refractivity contribution in [3.8, 4) is 6.01 Å². The number of hydrogen-bond acceptors (Lipinski definition) is 7. The molecule has 0 saturated carbocycles. The van der Waals surface area contributed by atoms with E-state index in [1.165, 1.54) is 6.07 Å². The summed E-state index contributed by atoms with van der Waals surface area (Å²) in [4.78, 5) is 11.9. The first kappa shape index (κ1) is 22.1. The van der Waals surface area contributed by atoms with Crippen molar-refractivity contribution in [3.63, 3.8) is 0 Å². The molecule has 1 aromatic carbocycles. The number of halogens is 3. The summed E-state index contributed by atoms with van der Waals surface area (Å²) in [7, 11) is 0. The van der Waals surface area contributed by atoms with Gasteiger partial charge in [-0.05, 0) is 46.7 Å². The number of fused-ring (bicyclic) bond motifs is 2. The van der Waals surface area contributed by atoms with E-state index in [0.717, 1.165) is 12.0 Å². The van der Waals surface area contributed by atoms with Crippen LogP contribution >= 0.6 is 34.2 Å². The number of aliphatic hydroxyl groups excluding tert-OH is 1. The highest BCUT2D eigenvalue weighted by Gasteiger charge is 2.60. The van der Waals surface area contributed by atoms with Gasteiger partial charge in [-0.15, -0.1) is 0 Å². The number of aromatic amines is 1. The highest BCUT2D eigenvalue weighted by Crippen LogP contribution is 2.44. The predicted octanol–water partition coefficient (Wildman–Crippen LogP) is 3.59. The summed E-state index contributed by atoms with van der Waals surface area (Å²) in [6.45, 7) is 2.70. The first-order valence-electron chi connectivity index (χ1n) is 10.2. The van der Waals surface area contributed by atoms with Gasteiger partial charge in [0.25, 0.3) is 6.01 Å². The van der Waals surface area contributed by atoms with Crippen molar-refractivity contribution in [1.82, 2.24) is 15.0 Å². The zero-order chi connectivity index (χ0) is 22.5. The zero-order valence-electron chi connectivity index (χ0n) is 17.1. The molecule has 0 bridgehead atoms. The summed E-state index contributed by atoms with van der Waals surface area (Å²) >= 11 is 8.52. The lowest BCUT2D eigenvalue weighted by Gasteiger charge is -2.25. The summed E-state index contributed by atoms with van der Waals surface area (Å²) in [5.74, 6) is 0.132. The van der Waals surface area contributed by atoms with E-state index in [9.17, 15) is 9.50 Å². The largest absolute Gasteiger partial charge is 0.455 e. The molecule has 32 heavy (non-hydrogen) atoms. The number of ether oxygens (including phenoxy) is 3. The van der Waals surface area contributed by atoms with E-state index in [4.69, 9.17) is 25.8 Å². The quantitative estimate of drug-likeness (QED) is 0.306. The molecule has 0 amide bonds. The lowest BCUT2D eigenvalue weighted by Crippen LogP contribution is -2.44. The molecule has 0 unspecified atom stereocenters. The first-order valence-corrected chi connectivity index (χ1v) is 11.7. The number of nitrogens with zero attached hydrogens (tertiary/aromatic N) is 2. The van der Waals surface area contributed by atoms with E-state index in [1.807, 2.05) is 13.0 Å². The average molecular weight is 575 g/mol. The van der Waals surface area contributed by atoms with Gasteiger partial charge < -0.3 is 29.6 Å². The number of nitrogens with one attached hydrogen (secondary N) is 2. The van der Waals surface area contributed by atoms with Crippen molar-refractivity contribution < 1.29 is 23.7 Å². The number of aliphatic hydroxyl groups is 1. The molecule has 4 atom stereocenters. The maximum Gasteiger partial charge on any atom is 0.296 e. The average Bonchev–Trinajstić information content (AvgIpc) is 3.40. The fraction of sp³-hybridized carbons (Fsp3) is 0.429. The van der Waals surface area contributed by atoms with E-state index in [1.54, 1.807) is 12.1 Å². The Hall–Kier alpha value is -1.73. The molecule has 3 N–H and O–H groups in total. The van der Waals surface area contributed by atoms with Gasteiger partial charge in [-0.25, -0.2) is 9.37 Å². The van der Waals surface area contributed by atoms with Gasteiger partial charge in [0.05, 0.1) is 23.8 Å². The standard InChI is InChI=1S/C21H21ClFIN4O4/c1-2-10-4-3-5-13(23)11(10)7-25-18-12(22)6-14-19(27-18)28-20(26-14)32-16-9-30-17-15(29)8-31-21(16,17)24/h3-6,15-17,29H,2,7-9H2,1H3,(H2,25,26,27,28)/t15-,16+,17-,21-/m1/s1. The number of hydrogen-bond donors (Lipinski definition) is 3. The molecule has 4 heterocycles. The van der Waals surface area contributed by atoms with Crippen molar-refractivity contribution in [2.24, 2.45) is 0 Å². The van der Waals surface area contributed by atoms with Crippen LogP contribution in [0, 0.1) is 5.82 Å². The number of aromatic nitrogens is 3. The molecule has 2 aromatic heterocycles. The number of anilines is 1. The van der Waals surface area contributed by atoms with Crippen LogP contribution in [0.3, 0.4) is 0 Å². The van der Waals surface area contributed by atoms with Crippen LogP contribution in [0.15, 0.2) is 24.3 Å². The molecule has 5 rings (SSSR count). The van der Waals surface area contributed by atoms with Crippen molar-refractivity contribution in [2.45, 2.75) is 41.8 Å². The van der Waals surface area contributed by atoms with Gasteiger partial charge in [-0.1, -0.05) is 30.7 Å². The summed E-state index contributed by atoms with van der Waals surface area (Å²) in [5, 5.41) is 13.5. The van der Waals surface area contributed by atoms with Crippen LogP contribution in [0.1, 0.15) is 18.1 Å². The lowest BCUT2D eigenvalue weighted by atomic mass is 10.0. The summed E-state index contributed by atoms with van der Waals surface area (Å²) < 4.78 is 30.9. The summed E-state index contributed by atoms with van der Waals surface area (Å²) in [5.41, 5.74) is 2.51. The van der Waals surface area contributed by atoms with Crippen molar-refractivity contribution in [2.75, 3.05) is 18.5 Å². The van der Waals surface area contributed by atoms with E-state index in [2.05, 4.69) is 42.9 Å². The van der Waals surface area contributed by atoms with Gasteiger partial charge in [0.2, 0.25) is 0 Å². The molecule has 3 aromatic rings. The van der Waals surface area contributed by atoms with Crippen LogP contribution in [-0.2, 0) is 22.4 Å². The second-order valence-corrected chi connectivity index (χ2v) is 9.85. The van der Waals surface area contributed by atoms with Crippen LogP contribution in [-0.4, -0.2) is 55.2 Å². The van der Waals surface area contributed by atoms with Gasteiger partial charge in [-0.2, -0.15) is 4.98 Å². The third kappa shape index (κ3) is 3.81. The fourth-order valence-corrected chi connectivity index (χ4v) is 5.38. The highest BCUT2D eigenvalue weighted by atomic mass is 127. The van der Waals surface area contributed by atoms with Crippen molar-refractivity contribution >= 4 is 51.2 Å². The molecule has 11 heteroatoms. The number of benzene rings is 1. The molecule has 0 spiro atoms. The third-order valence-corrected chi connectivity index (χ3v) is 7.68. The molecule has 8 nitrogen and oxygen atoms in total. The number of pyridine rings is 1. The molecular formula is C21H21ClFIN4O4. The predicted molar refractivity (Wildman–Crippen MR) is 125 cm³/mol. The number of aryl methyl sites for hydroxylation is 1. The van der Waals surface area contributed by atoms with Crippen LogP contribution in [0.5, 0.6) is 6.01 Å². The van der Waals surface area contributed by atoms with Crippen LogP contribution in [0.2, 0.25) is 5.02 Å². The van der Waals surface area contributed by atoms with Gasteiger partial charge in [0, 0.05) is 12.1 Å². The van der Waals surface area contributed by atoms with Crippen LogP contribution in [0.4, 0.5) is 10.2 Å². The summed E-state index contributed by atoms with van der Waals surface area (Å²) in [6.07, 6.45) is -0.868. The molecule has 2 saturated heterocycles. The maximum atomic E-state index is 14.3. The first-order chi connectivity index (χ1) is 15.4. The third-order valence-electron chi connectivity index (χ3n) is 5.77. The molecule has 2 aliphatic rings. The topological polar surface area (TPSA) is 102 Å². The number of imidazole rings is 1. The molecular weight excluding hydrogens is 554 g/mol. The van der Waals surface area contributed by atoms with Gasteiger partial charge >= 0.3 is 0 Å². The zero-order valence-corrected chi connectivity index (χ0v) is 20.0. The summed E-state index contributed by atoms with van der Waals surface area (Å²) in [6, 6.07) is 6.99. The lowest BCUT2D eigenvalue weighted by molar-refractivity contribution is 0.00481. The Labute approximate surface area is 202 Å². The second kappa shape index (κ2) is 8.56. The smallest absolute Gasteiger partial charge is 0.296 e. The molecule has 0 aliphatic carbocycles. The van der Waals surface area contributed by atoms with E-state index in [-0.39, 0.29) is 31.6 Å². The van der Waals surface area contributed by atoms with E-state index >= 15 is 0 Å². The SMILES string of the molecule is CCc1cccc(F)c1CNc1nc2nc(O[C@H]3CO[C@@H]4[C@H](O)CO[C@]34I)[nH]c2cc1Cl. The van der Waals surface area contributed by atoms with Crippen molar-refractivity contribution in [1.29, 1.82) is 0 Å². The minimum Gasteiger partial charge on any atom is -0.455 e. The highest BCUT2D eigenvalue weighted by molar-refractivity contribution is 14.1. The van der Waals surface area contributed by atoms with E-state index < -0.39 is 21.9 Å². The van der Waals surface area contributed by atoms with Gasteiger partial charge in [0.1, 0.15) is 23.8 Å². The van der Waals surface area contributed by atoms with Gasteiger partial charge in [-0.3, -0.25) is 0 Å². The minimum absolute atomic E-state index is 0.196. The van der Waals surface area contributed by atoms with Crippen LogP contribution in [0.25, 0.3) is 11.2 Å². The molecule has 0 radical (unpaired) electrons. The van der Waals surface area contributed by atoms with Crippen molar-refractivity contribution in [3.05, 3.63) is 46.2 Å². The Kier molecular flexibility index (Phi) is 5.91. The van der Waals surface area contributed by atoms with Crippen LogP contribution < -0.4 is 10.1 Å². The fourth-order valence-electron chi connectivity index (χ4n) is 4.08. The second-order valence-electron chi connectivity index (χ2n) is 7.75. The van der Waals surface area contributed by atoms with E-state index in [0.29, 0.717) is 27.6 Å². The minimum atomic E-state index is -0.787. The Morgan fingerprint density at radius 2 is 2.25 bits per heavy atom. The normalized spacial score (nSPS) is 27.1. The Bertz CT molecular complexity index is 1160. The molecule has 2 aliphatic heterocycles. The number of rotatable bonds is 6. The molecule has 2 fully saturated rings. The Morgan fingerprint density at radius 3 is 3.06 bits per heavy atom. The number of H-pyrrole nitrogens is 1.